The largest absolute Gasteiger partial charge is 0.377 e. The van der Waals surface area contributed by atoms with E-state index in [2.05, 4.69) is 6.08 Å². The third kappa shape index (κ3) is 5.61. The van der Waals surface area contributed by atoms with Crippen LogP contribution in [0, 0.1) is 30.3 Å². The van der Waals surface area contributed by atoms with Crippen molar-refractivity contribution in [3.8, 4) is 11.1 Å². The molecule has 0 N–H and O–H groups in total. The van der Waals surface area contributed by atoms with Gasteiger partial charge < -0.3 is 4.74 Å². The number of halogens is 3. The molecule has 178 valence electrons. The zero-order chi connectivity index (χ0) is 24.1. The number of rotatable bonds is 8. The molecule has 1 unspecified atom stereocenters. The summed E-state index contributed by atoms with van der Waals surface area (Å²) in [5.74, 6) is -1.35. The van der Waals surface area contributed by atoms with Crippen LogP contribution in [0.5, 0.6) is 0 Å². The normalized spacial score (nSPS) is 15.9. The summed E-state index contributed by atoms with van der Waals surface area (Å²) in [6.07, 6.45) is 6.15. The summed E-state index contributed by atoms with van der Waals surface area (Å²) in [5, 5.41) is 0. The monoisotopic (exact) mass is 464 g/mol. The summed E-state index contributed by atoms with van der Waals surface area (Å²) >= 11 is 0. The molecule has 0 heterocycles. The van der Waals surface area contributed by atoms with Crippen molar-refractivity contribution in [1.82, 2.24) is 0 Å². The molecule has 0 aromatic heterocycles. The van der Waals surface area contributed by atoms with Crippen molar-refractivity contribution >= 4 is 5.57 Å². The van der Waals surface area contributed by atoms with E-state index in [4.69, 9.17) is 4.74 Å². The topological polar surface area (TPSA) is 9.23 Å². The molecule has 4 rings (SSSR count). The fourth-order valence-corrected chi connectivity index (χ4v) is 4.59. The van der Waals surface area contributed by atoms with Gasteiger partial charge in [0.25, 0.3) is 0 Å². The quantitative estimate of drug-likeness (QED) is 0.325. The van der Waals surface area contributed by atoms with E-state index in [1.165, 1.54) is 0 Å². The highest BCUT2D eigenvalue weighted by molar-refractivity contribution is 5.67. The second kappa shape index (κ2) is 11.1. The van der Waals surface area contributed by atoms with Gasteiger partial charge in [-0.05, 0) is 80.2 Å². The molecular weight excluding hydrogens is 433 g/mol. The molecule has 1 atom stereocenters. The maximum Gasteiger partial charge on any atom is 0.166 e. The van der Waals surface area contributed by atoms with Gasteiger partial charge >= 0.3 is 0 Å². The standard InChI is InChI=1S/C30H31F3O/c1-3-34-19-26-15-14-25(18-28(26)31)22-11-6-21(7-12-22)8-13-24-16-17-27(30(33)29(24)32)23-9-4-20(2)5-10-23/h4-5,9-11,14-18,21H,3,6-8,12-13,19H2,1-2H3. The van der Waals surface area contributed by atoms with Crippen LogP contribution in [0.4, 0.5) is 13.2 Å². The highest BCUT2D eigenvalue weighted by Gasteiger charge is 2.19. The van der Waals surface area contributed by atoms with Crippen molar-refractivity contribution in [2.75, 3.05) is 6.61 Å². The van der Waals surface area contributed by atoms with Crippen LogP contribution >= 0.6 is 0 Å². The number of hydrogen-bond acceptors (Lipinski definition) is 1. The fourth-order valence-electron chi connectivity index (χ4n) is 4.59. The van der Waals surface area contributed by atoms with Crippen LogP contribution in [-0.4, -0.2) is 6.61 Å². The predicted octanol–water partition coefficient (Wildman–Crippen LogP) is 8.43. The van der Waals surface area contributed by atoms with E-state index in [1.54, 1.807) is 24.3 Å². The van der Waals surface area contributed by atoms with Crippen LogP contribution < -0.4 is 0 Å². The third-order valence-corrected chi connectivity index (χ3v) is 6.75. The lowest BCUT2D eigenvalue weighted by Gasteiger charge is -2.22. The summed E-state index contributed by atoms with van der Waals surface area (Å²) in [4.78, 5) is 0. The first-order valence-corrected chi connectivity index (χ1v) is 12.1. The van der Waals surface area contributed by atoms with Crippen molar-refractivity contribution in [1.29, 1.82) is 0 Å². The molecule has 1 aliphatic rings. The predicted molar refractivity (Wildman–Crippen MR) is 132 cm³/mol. The lowest BCUT2D eigenvalue weighted by Crippen LogP contribution is -2.08. The molecule has 1 nitrogen and oxygen atoms in total. The van der Waals surface area contributed by atoms with E-state index in [0.717, 1.165) is 42.4 Å². The van der Waals surface area contributed by atoms with Crippen LogP contribution in [0.3, 0.4) is 0 Å². The third-order valence-electron chi connectivity index (χ3n) is 6.75. The molecule has 3 aromatic carbocycles. The van der Waals surface area contributed by atoms with Gasteiger partial charge in [0, 0.05) is 17.7 Å². The Hall–Kier alpha value is -2.85. The Morgan fingerprint density at radius 1 is 0.882 bits per heavy atom. The molecule has 0 saturated carbocycles. The van der Waals surface area contributed by atoms with E-state index >= 15 is 0 Å². The van der Waals surface area contributed by atoms with Gasteiger partial charge in [-0.25, -0.2) is 13.2 Å². The minimum Gasteiger partial charge on any atom is -0.377 e. The number of allylic oxidation sites excluding steroid dienone is 2. The summed E-state index contributed by atoms with van der Waals surface area (Å²) in [5.41, 5.74) is 5.12. The molecule has 3 aromatic rings. The highest BCUT2D eigenvalue weighted by atomic mass is 19.2. The van der Waals surface area contributed by atoms with E-state index in [1.807, 2.05) is 44.2 Å². The minimum atomic E-state index is -0.776. The van der Waals surface area contributed by atoms with Gasteiger partial charge in [-0.3, -0.25) is 0 Å². The van der Waals surface area contributed by atoms with E-state index in [-0.39, 0.29) is 12.4 Å². The number of ether oxygens (including phenoxy) is 1. The molecule has 0 aliphatic heterocycles. The van der Waals surface area contributed by atoms with Crippen molar-refractivity contribution in [2.45, 2.75) is 52.6 Å². The lowest BCUT2D eigenvalue weighted by molar-refractivity contribution is 0.131. The smallest absolute Gasteiger partial charge is 0.166 e. The van der Waals surface area contributed by atoms with Gasteiger partial charge in [-0.1, -0.05) is 60.2 Å². The number of hydrogen-bond donors (Lipinski definition) is 0. The lowest BCUT2D eigenvalue weighted by atomic mass is 9.83. The van der Waals surface area contributed by atoms with Gasteiger partial charge in [0.15, 0.2) is 11.6 Å². The molecule has 0 fully saturated rings. The first-order valence-electron chi connectivity index (χ1n) is 12.1. The van der Waals surface area contributed by atoms with E-state index in [0.29, 0.717) is 41.2 Å². The summed E-state index contributed by atoms with van der Waals surface area (Å²) in [6.45, 7) is 4.69. The highest BCUT2D eigenvalue weighted by Crippen LogP contribution is 2.34. The zero-order valence-corrected chi connectivity index (χ0v) is 19.8. The van der Waals surface area contributed by atoms with Gasteiger partial charge in [0.1, 0.15) is 5.82 Å². The average Bonchev–Trinajstić information content (AvgIpc) is 2.85. The first-order chi connectivity index (χ1) is 16.5. The summed E-state index contributed by atoms with van der Waals surface area (Å²) in [6, 6.07) is 16.2. The van der Waals surface area contributed by atoms with Crippen molar-refractivity contribution in [3.05, 3.63) is 100 Å². The molecule has 34 heavy (non-hydrogen) atoms. The Labute approximate surface area is 200 Å². The maximum atomic E-state index is 14.8. The Balaban J connectivity index is 1.37. The fraction of sp³-hybridized carbons (Fsp3) is 0.333. The molecular formula is C30H31F3O. The van der Waals surface area contributed by atoms with Crippen LogP contribution in [0.25, 0.3) is 16.7 Å². The number of aryl methyl sites for hydroxylation is 2. The first kappa shape index (κ1) is 24.3. The average molecular weight is 465 g/mol. The van der Waals surface area contributed by atoms with E-state index < -0.39 is 11.6 Å². The maximum absolute atomic E-state index is 14.8. The Kier molecular flexibility index (Phi) is 7.89. The van der Waals surface area contributed by atoms with Crippen molar-refractivity contribution < 1.29 is 17.9 Å². The molecule has 0 amide bonds. The van der Waals surface area contributed by atoms with Crippen LogP contribution in [0.15, 0.2) is 60.7 Å². The molecule has 1 aliphatic carbocycles. The minimum absolute atomic E-state index is 0.236. The SMILES string of the molecule is CCOCc1ccc(C2=CCC(CCc3ccc(-c4ccc(C)cc4)c(F)c3F)CC2)cc1F. The molecule has 0 bridgehead atoms. The van der Waals surface area contributed by atoms with Crippen LogP contribution in [0.1, 0.15) is 54.9 Å². The van der Waals surface area contributed by atoms with Gasteiger partial charge in [-0.2, -0.15) is 0 Å². The van der Waals surface area contributed by atoms with Gasteiger partial charge in [0.05, 0.1) is 6.61 Å². The molecule has 4 heteroatoms. The zero-order valence-electron chi connectivity index (χ0n) is 19.8. The molecule has 0 radical (unpaired) electrons. The Bertz CT molecular complexity index is 1160. The van der Waals surface area contributed by atoms with Crippen molar-refractivity contribution in [2.24, 2.45) is 5.92 Å². The summed E-state index contributed by atoms with van der Waals surface area (Å²) in [7, 11) is 0. The molecule has 0 spiro atoms. The molecule has 0 saturated heterocycles. The van der Waals surface area contributed by atoms with E-state index in [9.17, 15) is 13.2 Å². The number of benzene rings is 3. The van der Waals surface area contributed by atoms with Crippen LogP contribution in [0.2, 0.25) is 0 Å². The summed E-state index contributed by atoms with van der Waals surface area (Å²) < 4.78 is 49.2. The Morgan fingerprint density at radius 3 is 2.29 bits per heavy atom. The van der Waals surface area contributed by atoms with Gasteiger partial charge in [-0.15, -0.1) is 0 Å². The van der Waals surface area contributed by atoms with Crippen LogP contribution in [-0.2, 0) is 17.8 Å². The van der Waals surface area contributed by atoms with Crippen molar-refractivity contribution in [3.63, 3.8) is 0 Å². The Morgan fingerprint density at radius 2 is 1.62 bits per heavy atom. The second-order valence-electron chi connectivity index (χ2n) is 9.12. The second-order valence-corrected chi connectivity index (χ2v) is 9.12. The van der Waals surface area contributed by atoms with Gasteiger partial charge in [0.2, 0.25) is 0 Å².